The highest BCUT2D eigenvalue weighted by molar-refractivity contribution is 6.00. The van der Waals surface area contributed by atoms with Gasteiger partial charge >= 0.3 is 0 Å². The molecule has 1 atom stereocenters. The van der Waals surface area contributed by atoms with Gasteiger partial charge in [0.25, 0.3) is 0 Å². The molecule has 19 heavy (non-hydrogen) atoms. The van der Waals surface area contributed by atoms with Gasteiger partial charge in [0.15, 0.2) is 0 Å². The van der Waals surface area contributed by atoms with Crippen LogP contribution in [0.5, 0.6) is 5.75 Å². The van der Waals surface area contributed by atoms with Gasteiger partial charge in [-0.25, -0.2) is 0 Å². The Balaban J connectivity index is 2.17. The van der Waals surface area contributed by atoms with Crippen LogP contribution in [0.4, 0.5) is 5.69 Å². The molecule has 1 aromatic carbocycles. The first kappa shape index (κ1) is 13.8. The fourth-order valence-corrected chi connectivity index (χ4v) is 2.48. The molecule has 1 heterocycles. The maximum atomic E-state index is 12.4. The summed E-state index contributed by atoms with van der Waals surface area (Å²) >= 11 is 0. The number of nitrogens with zero attached hydrogens (tertiary/aromatic N) is 2. The Hall–Kier alpha value is -1.59. The number of hydrogen-bond acceptors (Lipinski definition) is 4. The Kier molecular flexibility index (Phi) is 4.39. The number of carbonyl (C=O) groups is 1. The number of likely N-dealkylation sites (N-methyl/N-ethyl adjacent to an activating group) is 1. The fourth-order valence-electron chi connectivity index (χ4n) is 2.48. The van der Waals surface area contributed by atoms with E-state index in [9.17, 15) is 4.79 Å². The van der Waals surface area contributed by atoms with E-state index in [1.807, 2.05) is 36.2 Å². The lowest BCUT2D eigenvalue weighted by Gasteiger charge is -2.23. The highest BCUT2D eigenvalue weighted by Gasteiger charge is 2.35. The van der Waals surface area contributed by atoms with Gasteiger partial charge < -0.3 is 14.7 Å². The van der Waals surface area contributed by atoms with Crippen LogP contribution in [0.15, 0.2) is 24.3 Å². The molecule has 5 heteroatoms. The summed E-state index contributed by atoms with van der Waals surface area (Å²) in [6.07, 6.45) is 0.771. The Labute approximate surface area is 113 Å². The first-order chi connectivity index (χ1) is 9.19. The van der Waals surface area contributed by atoms with Crippen LogP contribution in [0.2, 0.25) is 0 Å². The number of hydrogen-bond donors (Lipinski definition) is 1. The van der Waals surface area contributed by atoms with Crippen molar-refractivity contribution in [2.45, 2.75) is 12.5 Å². The SMILES string of the molecule is COc1ccccc1N1CCC(N(C)CCO)C1=O. The molecule has 1 amide bonds. The first-order valence-electron chi connectivity index (χ1n) is 6.44. The van der Waals surface area contributed by atoms with Gasteiger partial charge in [-0.05, 0) is 25.6 Å². The average Bonchev–Trinajstić information content (AvgIpc) is 2.80. The summed E-state index contributed by atoms with van der Waals surface area (Å²) in [5.41, 5.74) is 0.815. The predicted octanol–water partition coefficient (Wildman–Crippen LogP) is 0.725. The maximum absolute atomic E-state index is 12.4. The lowest BCUT2D eigenvalue weighted by atomic mass is 10.2. The summed E-state index contributed by atoms with van der Waals surface area (Å²) in [5, 5.41) is 8.96. The van der Waals surface area contributed by atoms with E-state index in [4.69, 9.17) is 9.84 Å². The quantitative estimate of drug-likeness (QED) is 0.851. The van der Waals surface area contributed by atoms with Crippen molar-refractivity contribution >= 4 is 11.6 Å². The average molecular weight is 264 g/mol. The number of benzene rings is 1. The van der Waals surface area contributed by atoms with Crippen molar-refractivity contribution in [1.82, 2.24) is 4.90 Å². The van der Waals surface area contributed by atoms with Crippen LogP contribution in [0.25, 0.3) is 0 Å². The van der Waals surface area contributed by atoms with E-state index in [1.54, 1.807) is 12.0 Å². The normalized spacial score (nSPS) is 19.3. The number of methoxy groups -OCH3 is 1. The third-order valence-corrected chi connectivity index (χ3v) is 3.54. The van der Waals surface area contributed by atoms with E-state index in [-0.39, 0.29) is 18.6 Å². The minimum Gasteiger partial charge on any atom is -0.495 e. The zero-order valence-corrected chi connectivity index (χ0v) is 11.4. The van der Waals surface area contributed by atoms with Crippen LogP contribution < -0.4 is 9.64 Å². The molecule has 0 aliphatic carbocycles. The Bertz CT molecular complexity index is 450. The summed E-state index contributed by atoms with van der Waals surface area (Å²) < 4.78 is 5.30. The Morgan fingerprint density at radius 1 is 1.47 bits per heavy atom. The van der Waals surface area contributed by atoms with E-state index in [1.165, 1.54) is 0 Å². The second kappa shape index (κ2) is 6.04. The van der Waals surface area contributed by atoms with Gasteiger partial charge in [0.2, 0.25) is 5.91 Å². The van der Waals surface area contributed by atoms with Crippen LogP contribution in [0.3, 0.4) is 0 Å². The molecule has 1 aliphatic heterocycles. The summed E-state index contributed by atoms with van der Waals surface area (Å²) in [4.78, 5) is 16.1. The number of ether oxygens (including phenoxy) is 1. The van der Waals surface area contributed by atoms with Crippen molar-refractivity contribution in [2.75, 3.05) is 38.8 Å². The Morgan fingerprint density at radius 3 is 2.89 bits per heavy atom. The molecule has 104 valence electrons. The monoisotopic (exact) mass is 264 g/mol. The second-order valence-corrected chi connectivity index (χ2v) is 4.67. The number of anilines is 1. The van der Waals surface area contributed by atoms with Crippen LogP contribution in [-0.4, -0.2) is 55.8 Å². The van der Waals surface area contributed by atoms with Crippen LogP contribution in [0, 0.1) is 0 Å². The molecule has 1 aliphatic rings. The van der Waals surface area contributed by atoms with E-state index in [0.29, 0.717) is 18.8 Å². The van der Waals surface area contributed by atoms with Gasteiger partial charge in [0, 0.05) is 13.1 Å². The van der Waals surface area contributed by atoms with Crippen LogP contribution in [-0.2, 0) is 4.79 Å². The van der Waals surface area contributed by atoms with E-state index >= 15 is 0 Å². The summed E-state index contributed by atoms with van der Waals surface area (Å²) in [6, 6.07) is 7.38. The van der Waals surface area contributed by atoms with Crippen molar-refractivity contribution in [1.29, 1.82) is 0 Å². The molecule has 0 radical (unpaired) electrons. The lowest BCUT2D eigenvalue weighted by molar-refractivity contribution is -0.121. The molecule has 2 rings (SSSR count). The molecule has 0 bridgehead atoms. The topological polar surface area (TPSA) is 53.0 Å². The van der Waals surface area contributed by atoms with Crippen LogP contribution >= 0.6 is 0 Å². The third kappa shape index (κ3) is 2.72. The smallest absolute Gasteiger partial charge is 0.244 e. The highest BCUT2D eigenvalue weighted by Crippen LogP contribution is 2.31. The highest BCUT2D eigenvalue weighted by atomic mass is 16.5. The fraction of sp³-hybridized carbons (Fsp3) is 0.500. The molecule has 1 aromatic rings. The molecule has 0 spiro atoms. The third-order valence-electron chi connectivity index (χ3n) is 3.54. The second-order valence-electron chi connectivity index (χ2n) is 4.67. The number of rotatable bonds is 5. The first-order valence-corrected chi connectivity index (χ1v) is 6.44. The van der Waals surface area contributed by atoms with Crippen molar-refractivity contribution in [3.05, 3.63) is 24.3 Å². The number of aliphatic hydroxyl groups is 1. The molecule has 1 N–H and O–H groups in total. The molecule has 1 fully saturated rings. The maximum Gasteiger partial charge on any atom is 0.244 e. The molecular weight excluding hydrogens is 244 g/mol. The largest absolute Gasteiger partial charge is 0.495 e. The minimum absolute atomic E-state index is 0.0644. The standard InChI is InChI=1S/C14H20N2O3/c1-15(9-10-17)12-7-8-16(14(12)18)11-5-3-4-6-13(11)19-2/h3-6,12,17H,7-10H2,1-2H3. The van der Waals surface area contributed by atoms with Crippen LogP contribution in [0.1, 0.15) is 6.42 Å². The minimum atomic E-state index is -0.155. The molecular formula is C14H20N2O3. The summed E-state index contributed by atoms with van der Waals surface area (Å²) in [7, 11) is 3.47. The molecule has 1 unspecified atom stereocenters. The molecule has 0 aromatic heterocycles. The summed E-state index contributed by atoms with van der Waals surface area (Å²) in [5.74, 6) is 0.779. The van der Waals surface area contributed by atoms with Gasteiger partial charge in [-0.3, -0.25) is 9.69 Å². The van der Waals surface area contributed by atoms with Gasteiger partial charge in [-0.2, -0.15) is 0 Å². The molecule has 1 saturated heterocycles. The number of amides is 1. The van der Waals surface area contributed by atoms with Crippen molar-refractivity contribution in [3.8, 4) is 5.75 Å². The molecule has 0 saturated carbocycles. The van der Waals surface area contributed by atoms with Crippen molar-refractivity contribution < 1.29 is 14.6 Å². The van der Waals surface area contributed by atoms with Gasteiger partial charge in [0.05, 0.1) is 25.4 Å². The number of carbonyl (C=O) groups excluding carboxylic acids is 1. The zero-order valence-electron chi connectivity index (χ0n) is 11.4. The van der Waals surface area contributed by atoms with Gasteiger partial charge in [-0.15, -0.1) is 0 Å². The zero-order chi connectivity index (χ0) is 13.8. The van der Waals surface area contributed by atoms with Crippen molar-refractivity contribution in [2.24, 2.45) is 0 Å². The molecule has 5 nitrogen and oxygen atoms in total. The van der Waals surface area contributed by atoms with Gasteiger partial charge in [-0.1, -0.05) is 12.1 Å². The number of aliphatic hydroxyl groups excluding tert-OH is 1. The van der Waals surface area contributed by atoms with E-state index in [0.717, 1.165) is 12.1 Å². The van der Waals surface area contributed by atoms with E-state index in [2.05, 4.69) is 0 Å². The van der Waals surface area contributed by atoms with Gasteiger partial charge in [0.1, 0.15) is 5.75 Å². The van der Waals surface area contributed by atoms with Crippen molar-refractivity contribution in [3.63, 3.8) is 0 Å². The summed E-state index contributed by atoms with van der Waals surface area (Å²) in [6.45, 7) is 1.25. The number of para-hydroxylation sites is 2. The van der Waals surface area contributed by atoms with E-state index < -0.39 is 0 Å². The Morgan fingerprint density at radius 2 is 2.21 bits per heavy atom. The lowest BCUT2D eigenvalue weighted by Crippen LogP contribution is -2.41. The predicted molar refractivity (Wildman–Crippen MR) is 73.5 cm³/mol.